The largest absolute Gasteiger partial charge is 0.496 e. The van der Waals surface area contributed by atoms with Gasteiger partial charge in [-0.15, -0.1) is 0 Å². The van der Waals surface area contributed by atoms with Gasteiger partial charge in [-0.25, -0.2) is 4.39 Å². The van der Waals surface area contributed by atoms with Crippen molar-refractivity contribution in [2.24, 2.45) is 0 Å². The zero-order valence-corrected chi connectivity index (χ0v) is 13.5. The molecule has 0 spiro atoms. The van der Waals surface area contributed by atoms with Crippen LogP contribution in [0.4, 0.5) is 4.39 Å². The average Bonchev–Trinajstić information content (AvgIpc) is 2.54. The van der Waals surface area contributed by atoms with E-state index in [9.17, 15) is 9.18 Å². The van der Waals surface area contributed by atoms with E-state index in [0.29, 0.717) is 5.56 Å². The number of carbonyl (C=O) groups excluding carboxylic acids is 1. The third kappa shape index (κ3) is 4.42. The summed E-state index contributed by atoms with van der Waals surface area (Å²) in [6, 6.07) is 11.9. The Morgan fingerprint density at radius 3 is 2.70 bits per heavy atom. The zero-order chi connectivity index (χ0) is 16.8. The van der Waals surface area contributed by atoms with Gasteiger partial charge >= 0.3 is 0 Å². The highest BCUT2D eigenvalue weighted by atomic mass is 19.1. The summed E-state index contributed by atoms with van der Waals surface area (Å²) in [7, 11) is 1.60. The lowest BCUT2D eigenvalue weighted by Gasteiger charge is -2.17. The Labute approximate surface area is 135 Å². The Kier molecular flexibility index (Phi) is 5.52. The summed E-state index contributed by atoms with van der Waals surface area (Å²) in [5.74, 6) is 0.0794. The molecule has 0 saturated heterocycles. The van der Waals surface area contributed by atoms with Crippen LogP contribution in [-0.4, -0.2) is 13.0 Å². The van der Waals surface area contributed by atoms with E-state index in [1.165, 1.54) is 18.2 Å². The highest BCUT2D eigenvalue weighted by molar-refractivity contribution is 5.92. The van der Waals surface area contributed by atoms with Gasteiger partial charge in [0.1, 0.15) is 11.6 Å². The molecule has 0 radical (unpaired) electrons. The van der Waals surface area contributed by atoms with E-state index in [4.69, 9.17) is 4.74 Å². The number of ether oxygens (including phenoxy) is 1. The first-order chi connectivity index (χ1) is 11.0. The fourth-order valence-electron chi connectivity index (χ4n) is 2.31. The minimum Gasteiger partial charge on any atom is -0.496 e. The molecule has 23 heavy (non-hydrogen) atoms. The smallest absolute Gasteiger partial charge is 0.244 e. The molecule has 1 amide bonds. The molecule has 1 N–H and O–H groups in total. The Morgan fingerprint density at radius 2 is 2.00 bits per heavy atom. The van der Waals surface area contributed by atoms with Gasteiger partial charge in [-0.1, -0.05) is 35.9 Å². The number of amides is 1. The second-order valence-electron chi connectivity index (χ2n) is 5.33. The highest BCUT2D eigenvalue weighted by Crippen LogP contribution is 2.26. The Bertz CT molecular complexity index is 725. The van der Waals surface area contributed by atoms with Crippen molar-refractivity contribution in [2.45, 2.75) is 19.9 Å². The maximum absolute atomic E-state index is 13.5. The van der Waals surface area contributed by atoms with Gasteiger partial charge in [0.15, 0.2) is 0 Å². The van der Waals surface area contributed by atoms with E-state index in [1.807, 2.05) is 32.0 Å². The minimum absolute atomic E-state index is 0.220. The van der Waals surface area contributed by atoms with Crippen molar-refractivity contribution in [3.63, 3.8) is 0 Å². The number of halogens is 1. The normalized spacial score (nSPS) is 12.2. The van der Waals surface area contributed by atoms with Crippen LogP contribution in [0.25, 0.3) is 6.08 Å². The first kappa shape index (κ1) is 16.7. The van der Waals surface area contributed by atoms with E-state index in [2.05, 4.69) is 5.32 Å². The summed E-state index contributed by atoms with van der Waals surface area (Å²) in [4.78, 5) is 12.0. The van der Waals surface area contributed by atoms with Crippen molar-refractivity contribution >= 4 is 12.0 Å². The molecule has 0 aliphatic rings. The second kappa shape index (κ2) is 7.58. The third-order valence-corrected chi connectivity index (χ3v) is 3.53. The number of nitrogens with one attached hydrogen (secondary N) is 1. The summed E-state index contributed by atoms with van der Waals surface area (Å²) in [6.07, 6.45) is 2.79. The highest BCUT2D eigenvalue weighted by Gasteiger charge is 2.13. The van der Waals surface area contributed by atoms with Crippen LogP contribution < -0.4 is 10.1 Å². The van der Waals surface area contributed by atoms with Crippen LogP contribution in [0.1, 0.15) is 29.7 Å². The molecule has 2 aromatic carbocycles. The van der Waals surface area contributed by atoms with Crippen LogP contribution in [0.2, 0.25) is 0 Å². The number of benzene rings is 2. The predicted molar refractivity (Wildman–Crippen MR) is 89.7 cm³/mol. The Balaban J connectivity index is 2.08. The molecule has 0 bridgehead atoms. The maximum Gasteiger partial charge on any atom is 0.244 e. The molecule has 4 heteroatoms. The quantitative estimate of drug-likeness (QED) is 0.846. The van der Waals surface area contributed by atoms with Crippen molar-refractivity contribution in [2.75, 3.05) is 7.11 Å². The molecule has 0 aromatic heterocycles. The van der Waals surface area contributed by atoms with Crippen LogP contribution in [0.5, 0.6) is 5.75 Å². The van der Waals surface area contributed by atoms with E-state index in [0.717, 1.165) is 16.9 Å². The lowest BCUT2D eigenvalue weighted by atomic mass is 10.0. The summed E-state index contributed by atoms with van der Waals surface area (Å²) in [5.41, 5.74) is 2.37. The van der Waals surface area contributed by atoms with Gasteiger partial charge in [0, 0.05) is 17.2 Å². The summed E-state index contributed by atoms with van der Waals surface area (Å²) >= 11 is 0. The molecule has 2 aromatic rings. The topological polar surface area (TPSA) is 38.3 Å². The van der Waals surface area contributed by atoms with Crippen molar-refractivity contribution in [1.29, 1.82) is 0 Å². The van der Waals surface area contributed by atoms with E-state index < -0.39 is 0 Å². The number of methoxy groups -OCH3 is 1. The van der Waals surface area contributed by atoms with Gasteiger partial charge < -0.3 is 10.1 Å². The molecule has 3 nitrogen and oxygen atoms in total. The summed E-state index contributed by atoms with van der Waals surface area (Å²) in [6.45, 7) is 3.86. The maximum atomic E-state index is 13.5. The third-order valence-electron chi connectivity index (χ3n) is 3.53. The molecule has 0 heterocycles. The summed E-state index contributed by atoms with van der Waals surface area (Å²) < 4.78 is 18.8. The summed E-state index contributed by atoms with van der Waals surface area (Å²) in [5, 5.41) is 2.86. The van der Waals surface area contributed by atoms with Crippen molar-refractivity contribution < 1.29 is 13.9 Å². The van der Waals surface area contributed by atoms with E-state index in [1.54, 1.807) is 25.3 Å². The van der Waals surface area contributed by atoms with Crippen molar-refractivity contribution in [3.8, 4) is 5.75 Å². The first-order valence-corrected chi connectivity index (χ1v) is 7.39. The molecule has 0 saturated carbocycles. The lowest BCUT2D eigenvalue weighted by Crippen LogP contribution is -2.25. The van der Waals surface area contributed by atoms with Crippen molar-refractivity contribution in [1.82, 2.24) is 5.32 Å². The Morgan fingerprint density at radius 1 is 1.26 bits per heavy atom. The molecular formula is C19H20FNO2. The zero-order valence-electron chi connectivity index (χ0n) is 13.5. The van der Waals surface area contributed by atoms with E-state index >= 15 is 0 Å². The average molecular weight is 313 g/mol. The van der Waals surface area contributed by atoms with Gasteiger partial charge in [-0.2, -0.15) is 0 Å². The fourth-order valence-corrected chi connectivity index (χ4v) is 2.31. The Hall–Kier alpha value is -2.62. The lowest BCUT2D eigenvalue weighted by molar-refractivity contribution is -0.117. The molecular weight excluding hydrogens is 293 g/mol. The van der Waals surface area contributed by atoms with Gasteiger partial charge in [0.05, 0.1) is 13.2 Å². The SMILES string of the molecule is COc1ccc(C)cc1[C@H](C)NC(=O)/C=C/c1ccccc1F. The molecule has 0 fully saturated rings. The molecule has 0 unspecified atom stereocenters. The fraction of sp³-hybridized carbons (Fsp3) is 0.211. The van der Waals surface area contributed by atoms with Crippen LogP contribution in [0.3, 0.4) is 0 Å². The first-order valence-electron chi connectivity index (χ1n) is 7.39. The van der Waals surface area contributed by atoms with Gasteiger partial charge in [-0.05, 0) is 32.1 Å². The minimum atomic E-state index is -0.357. The van der Waals surface area contributed by atoms with Gasteiger partial charge in [0.2, 0.25) is 5.91 Å². The van der Waals surface area contributed by atoms with E-state index in [-0.39, 0.29) is 17.8 Å². The molecule has 0 aliphatic carbocycles. The number of carbonyl (C=O) groups is 1. The number of aryl methyl sites for hydroxylation is 1. The molecule has 120 valence electrons. The second-order valence-corrected chi connectivity index (χ2v) is 5.33. The van der Waals surface area contributed by atoms with Crippen LogP contribution in [-0.2, 0) is 4.79 Å². The number of hydrogen-bond acceptors (Lipinski definition) is 2. The van der Waals surface area contributed by atoms with Gasteiger partial charge in [0.25, 0.3) is 0 Å². The standard InChI is InChI=1S/C19H20FNO2/c1-13-8-10-18(23-3)16(12-13)14(2)21-19(22)11-9-15-6-4-5-7-17(15)20/h4-12,14H,1-3H3,(H,21,22)/b11-9+/t14-/m0/s1. The van der Waals surface area contributed by atoms with Crippen LogP contribution in [0.15, 0.2) is 48.5 Å². The van der Waals surface area contributed by atoms with Gasteiger partial charge in [-0.3, -0.25) is 4.79 Å². The number of rotatable bonds is 5. The monoisotopic (exact) mass is 313 g/mol. The molecule has 2 rings (SSSR count). The molecule has 0 aliphatic heterocycles. The molecule has 1 atom stereocenters. The van der Waals surface area contributed by atoms with Crippen LogP contribution >= 0.6 is 0 Å². The predicted octanol–water partition coefficient (Wildman–Crippen LogP) is 4.03. The van der Waals surface area contributed by atoms with Crippen molar-refractivity contribution in [3.05, 3.63) is 71.0 Å². The van der Waals surface area contributed by atoms with Crippen LogP contribution in [0, 0.1) is 12.7 Å². The number of hydrogen-bond donors (Lipinski definition) is 1.